The highest BCUT2D eigenvalue weighted by atomic mass is 32.2. The topological polar surface area (TPSA) is 94.0 Å². The normalized spacial score (nSPS) is 18.5. The molecule has 1 aromatic rings. The first kappa shape index (κ1) is 15.3. The van der Waals surface area contributed by atoms with Gasteiger partial charge in [0.15, 0.2) is 0 Å². The van der Waals surface area contributed by atoms with E-state index in [1.165, 1.54) is 6.42 Å². The molecule has 0 spiro atoms. The zero-order valence-electron chi connectivity index (χ0n) is 11.8. The molecule has 1 fully saturated rings. The number of aromatic nitrogens is 3. The summed E-state index contributed by atoms with van der Waals surface area (Å²) in [6.07, 6.45) is 6.86. The standard InChI is InChI=1S/C13H22N4O2S/c1-10-9-15-17(16-10)13(4-2-5-13)6-8-20-7-3-11(14)12(18)19/h9,11H,2-8,14H2,1H3,(H,18,19). The highest BCUT2D eigenvalue weighted by Crippen LogP contribution is 2.41. The van der Waals surface area contributed by atoms with Crippen LogP contribution in [0.25, 0.3) is 0 Å². The number of rotatable bonds is 8. The molecule has 3 N–H and O–H groups in total. The quantitative estimate of drug-likeness (QED) is 0.704. The summed E-state index contributed by atoms with van der Waals surface area (Å²) >= 11 is 1.76. The van der Waals surface area contributed by atoms with E-state index in [1.807, 2.05) is 11.7 Å². The first-order valence-corrected chi connectivity index (χ1v) is 8.14. The maximum absolute atomic E-state index is 10.6. The predicted octanol–water partition coefficient (Wildman–Crippen LogP) is 1.39. The van der Waals surface area contributed by atoms with Crippen LogP contribution in [0.5, 0.6) is 0 Å². The molecule has 1 heterocycles. The van der Waals surface area contributed by atoms with Crippen molar-refractivity contribution in [2.24, 2.45) is 5.73 Å². The van der Waals surface area contributed by atoms with Crippen molar-refractivity contribution in [3.63, 3.8) is 0 Å². The SMILES string of the molecule is Cc1cnn(C2(CCSCCC(N)C(=O)O)CCC2)n1. The number of carbonyl (C=O) groups is 1. The Hall–Kier alpha value is -1.08. The summed E-state index contributed by atoms with van der Waals surface area (Å²) in [6.45, 7) is 1.96. The third kappa shape index (κ3) is 3.52. The van der Waals surface area contributed by atoms with Crippen LogP contribution in [0.3, 0.4) is 0 Å². The molecular formula is C13H22N4O2S. The number of aliphatic carboxylic acids is 1. The van der Waals surface area contributed by atoms with Crippen LogP contribution in [0, 0.1) is 6.92 Å². The number of thioether (sulfide) groups is 1. The number of hydrogen-bond acceptors (Lipinski definition) is 5. The molecule has 0 aromatic carbocycles. The van der Waals surface area contributed by atoms with E-state index in [9.17, 15) is 4.79 Å². The zero-order chi connectivity index (χ0) is 14.6. The van der Waals surface area contributed by atoms with E-state index in [0.29, 0.717) is 6.42 Å². The average molecular weight is 298 g/mol. The van der Waals surface area contributed by atoms with Crippen molar-refractivity contribution in [1.82, 2.24) is 15.0 Å². The van der Waals surface area contributed by atoms with E-state index in [0.717, 1.165) is 36.5 Å². The Morgan fingerprint density at radius 3 is 2.85 bits per heavy atom. The van der Waals surface area contributed by atoms with Gasteiger partial charge in [-0.3, -0.25) is 4.79 Å². The van der Waals surface area contributed by atoms with E-state index >= 15 is 0 Å². The van der Waals surface area contributed by atoms with Crippen molar-refractivity contribution in [2.45, 2.75) is 50.6 Å². The van der Waals surface area contributed by atoms with Gasteiger partial charge in [-0.05, 0) is 50.5 Å². The lowest BCUT2D eigenvalue weighted by Gasteiger charge is -2.40. The summed E-state index contributed by atoms with van der Waals surface area (Å²) in [4.78, 5) is 12.5. The number of aryl methyl sites for hydroxylation is 1. The average Bonchev–Trinajstić information content (AvgIpc) is 2.78. The summed E-state index contributed by atoms with van der Waals surface area (Å²) in [7, 11) is 0. The molecule has 1 saturated carbocycles. The molecule has 0 aliphatic heterocycles. The van der Waals surface area contributed by atoms with E-state index in [2.05, 4.69) is 10.2 Å². The molecule has 20 heavy (non-hydrogen) atoms. The van der Waals surface area contributed by atoms with Gasteiger partial charge in [0.1, 0.15) is 6.04 Å². The van der Waals surface area contributed by atoms with E-state index < -0.39 is 12.0 Å². The molecule has 1 aromatic heterocycles. The Balaban J connectivity index is 1.74. The van der Waals surface area contributed by atoms with Crippen LogP contribution in [0.2, 0.25) is 0 Å². The van der Waals surface area contributed by atoms with Crippen LogP contribution >= 0.6 is 11.8 Å². The predicted molar refractivity (Wildman–Crippen MR) is 78.8 cm³/mol. The Labute approximate surface area is 123 Å². The van der Waals surface area contributed by atoms with E-state index in [4.69, 9.17) is 10.8 Å². The Morgan fingerprint density at radius 2 is 2.35 bits per heavy atom. The van der Waals surface area contributed by atoms with Crippen molar-refractivity contribution in [1.29, 1.82) is 0 Å². The van der Waals surface area contributed by atoms with Gasteiger partial charge in [0.05, 0.1) is 17.4 Å². The molecular weight excluding hydrogens is 276 g/mol. The minimum atomic E-state index is -0.919. The van der Waals surface area contributed by atoms with Gasteiger partial charge in [-0.2, -0.15) is 26.8 Å². The van der Waals surface area contributed by atoms with Crippen molar-refractivity contribution in [3.05, 3.63) is 11.9 Å². The zero-order valence-corrected chi connectivity index (χ0v) is 12.6. The summed E-state index contributed by atoms with van der Waals surface area (Å²) in [5.74, 6) is 0.861. The molecule has 1 aliphatic carbocycles. The second kappa shape index (κ2) is 6.58. The Morgan fingerprint density at radius 1 is 1.60 bits per heavy atom. The number of carboxylic acid groups (broad SMARTS) is 1. The van der Waals surface area contributed by atoms with Crippen molar-refractivity contribution < 1.29 is 9.90 Å². The molecule has 1 aliphatic rings. The minimum absolute atomic E-state index is 0.0934. The lowest BCUT2D eigenvalue weighted by molar-refractivity contribution is -0.138. The van der Waals surface area contributed by atoms with Gasteiger partial charge in [-0.1, -0.05) is 0 Å². The Bertz CT molecular complexity index is 459. The third-order valence-corrected chi connectivity index (χ3v) is 4.93. The van der Waals surface area contributed by atoms with Gasteiger partial charge in [0, 0.05) is 0 Å². The lowest BCUT2D eigenvalue weighted by atomic mass is 9.75. The molecule has 1 unspecified atom stereocenters. The first-order chi connectivity index (χ1) is 9.53. The van der Waals surface area contributed by atoms with Crippen LogP contribution in [0.15, 0.2) is 6.20 Å². The fourth-order valence-electron chi connectivity index (χ4n) is 2.40. The molecule has 0 radical (unpaired) electrons. The van der Waals surface area contributed by atoms with Gasteiger partial charge in [0.25, 0.3) is 0 Å². The van der Waals surface area contributed by atoms with E-state index in [-0.39, 0.29) is 5.54 Å². The summed E-state index contributed by atoms with van der Waals surface area (Å²) in [6, 6.07) is -0.740. The molecule has 7 heteroatoms. The number of carboxylic acids is 1. The van der Waals surface area contributed by atoms with Crippen LogP contribution in [0.4, 0.5) is 0 Å². The maximum Gasteiger partial charge on any atom is 0.320 e. The minimum Gasteiger partial charge on any atom is -0.480 e. The highest BCUT2D eigenvalue weighted by molar-refractivity contribution is 7.99. The van der Waals surface area contributed by atoms with Gasteiger partial charge >= 0.3 is 5.97 Å². The van der Waals surface area contributed by atoms with Gasteiger partial charge in [-0.15, -0.1) is 0 Å². The van der Waals surface area contributed by atoms with Crippen LogP contribution in [0.1, 0.15) is 37.8 Å². The summed E-state index contributed by atoms with van der Waals surface area (Å²) < 4.78 is 0. The highest BCUT2D eigenvalue weighted by Gasteiger charge is 2.40. The van der Waals surface area contributed by atoms with Crippen LogP contribution in [-0.2, 0) is 10.3 Å². The van der Waals surface area contributed by atoms with E-state index in [1.54, 1.807) is 18.0 Å². The molecule has 2 rings (SSSR count). The number of hydrogen-bond donors (Lipinski definition) is 2. The lowest BCUT2D eigenvalue weighted by Crippen LogP contribution is -2.42. The van der Waals surface area contributed by atoms with Gasteiger partial charge in [0.2, 0.25) is 0 Å². The number of nitrogens with two attached hydrogens (primary N) is 1. The second-order valence-electron chi connectivity index (χ2n) is 5.45. The summed E-state index contributed by atoms with van der Waals surface area (Å²) in [5.41, 5.74) is 6.53. The number of nitrogens with zero attached hydrogens (tertiary/aromatic N) is 3. The molecule has 0 bridgehead atoms. The monoisotopic (exact) mass is 298 g/mol. The molecule has 112 valence electrons. The fraction of sp³-hybridized carbons (Fsp3) is 0.769. The fourth-order valence-corrected chi connectivity index (χ4v) is 3.55. The second-order valence-corrected chi connectivity index (χ2v) is 6.67. The van der Waals surface area contributed by atoms with Crippen molar-refractivity contribution in [2.75, 3.05) is 11.5 Å². The molecule has 0 saturated heterocycles. The third-order valence-electron chi connectivity index (χ3n) is 3.92. The molecule has 1 atom stereocenters. The largest absolute Gasteiger partial charge is 0.480 e. The van der Waals surface area contributed by atoms with Crippen LogP contribution in [-0.4, -0.2) is 43.6 Å². The molecule has 0 amide bonds. The maximum atomic E-state index is 10.6. The first-order valence-electron chi connectivity index (χ1n) is 6.99. The van der Waals surface area contributed by atoms with Crippen molar-refractivity contribution in [3.8, 4) is 0 Å². The van der Waals surface area contributed by atoms with Gasteiger partial charge in [-0.25, -0.2) is 0 Å². The molecule has 6 nitrogen and oxygen atoms in total. The van der Waals surface area contributed by atoms with Crippen molar-refractivity contribution >= 4 is 17.7 Å². The van der Waals surface area contributed by atoms with Gasteiger partial charge < -0.3 is 10.8 Å². The smallest absolute Gasteiger partial charge is 0.320 e. The summed E-state index contributed by atoms with van der Waals surface area (Å²) in [5, 5.41) is 17.5. The Kier molecular flexibility index (Phi) is 5.04. The van der Waals surface area contributed by atoms with Crippen LogP contribution < -0.4 is 5.73 Å².